The Morgan fingerprint density at radius 3 is 2.04 bits per heavy atom. The van der Waals surface area contributed by atoms with Crippen LogP contribution in [0, 0.1) is 0 Å². The normalized spacial score (nSPS) is 11.1. The molecule has 0 spiro atoms. The smallest absolute Gasteiger partial charge is 0.324 e. The number of aromatic nitrogens is 2. The third kappa shape index (κ3) is 4.85. The zero-order chi connectivity index (χ0) is 20.1. The standard InChI is InChI=1S/C20H17F3N4O/c1-2-13-3-7-16(8-4-13)26-18(28)14-11-24-19(25-12-14)27-17-9-5-15(6-10-17)20(21,22)23/h3-12H,2H2,1H3,(H,26,28)(H,24,25,27). The van der Waals surface area contributed by atoms with E-state index in [1.807, 2.05) is 31.2 Å². The maximum Gasteiger partial charge on any atom is 0.416 e. The number of nitrogens with one attached hydrogen (secondary N) is 2. The first-order chi connectivity index (χ1) is 13.3. The van der Waals surface area contributed by atoms with Crippen molar-refractivity contribution in [3.63, 3.8) is 0 Å². The van der Waals surface area contributed by atoms with Gasteiger partial charge in [-0.15, -0.1) is 0 Å². The van der Waals surface area contributed by atoms with Crippen molar-refractivity contribution in [2.24, 2.45) is 0 Å². The van der Waals surface area contributed by atoms with E-state index in [9.17, 15) is 18.0 Å². The Balaban J connectivity index is 1.63. The van der Waals surface area contributed by atoms with Crippen LogP contribution in [0.4, 0.5) is 30.5 Å². The minimum atomic E-state index is -4.39. The molecule has 3 rings (SSSR count). The molecule has 144 valence electrons. The van der Waals surface area contributed by atoms with Gasteiger partial charge in [-0.3, -0.25) is 4.79 Å². The van der Waals surface area contributed by atoms with E-state index in [1.165, 1.54) is 30.1 Å². The van der Waals surface area contributed by atoms with Crippen molar-refractivity contribution in [1.82, 2.24) is 9.97 Å². The van der Waals surface area contributed by atoms with Gasteiger partial charge in [-0.25, -0.2) is 9.97 Å². The molecule has 0 saturated heterocycles. The fraction of sp³-hybridized carbons (Fsp3) is 0.150. The SMILES string of the molecule is CCc1ccc(NC(=O)c2cnc(Nc3ccc(C(F)(F)F)cc3)nc2)cc1. The average Bonchev–Trinajstić information content (AvgIpc) is 2.69. The first-order valence-corrected chi connectivity index (χ1v) is 8.52. The molecule has 0 bridgehead atoms. The second-order valence-electron chi connectivity index (χ2n) is 6.00. The van der Waals surface area contributed by atoms with E-state index in [1.54, 1.807) is 0 Å². The lowest BCUT2D eigenvalue weighted by molar-refractivity contribution is -0.137. The van der Waals surface area contributed by atoms with Crippen molar-refractivity contribution in [2.45, 2.75) is 19.5 Å². The molecule has 8 heteroatoms. The molecule has 2 aromatic carbocycles. The number of halogens is 3. The van der Waals surface area contributed by atoms with Gasteiger partial charge in [0.05, 0.1) is 11.1 Å². The average molecular weight is 386 g/mol. The van der Waals surface area contributed by atoms with Crippen LogP contribution in [-0.4, -0.2) is 15.9 Å². The lowest BCUT2D eigenvalue weighted by atomic mass is 10.1. The third-order valence-corrected chi connectivity index (χ3v) is 4.00. The number of alkyl halides is 3. The summed E-state index contributed by atoms with van der Waals surface area (Å²) in [5.41, 5.74) is 1.76. The molecule has 0 fully saturated rings. The van der Waals surface area contributed by atoms with Crippen molar-refractivity contribution in [1.29, 1.82) is 0 Å². The number of rotatable bonds is 5. The molecule has 0 aliphatic rings. The number of hydrogen-bond donors (Lipinski definition) is 2. The highest BCUT2D eigenvalue weighted by atomic mass is 19.4. The molecule has 2 N–H and O–H groups in total. The number of carbonyl (C=O) groups excluding carboxylic acids is 1. The number of aryl methyl sites for hydroxylation is 1. The molecule has 0 unspecified atom stereocenters. The van der Waals surface area contributed by atoms with Gasteiger partial charge in [0.25, 0.3) is 5.91 Å². The fourth-order valence-electron chi connectivity index (χ4n) is 2.41. The zero-order valence-corrected chi connectivity index (χ0v) is 14.9. The van der Waals surface area contributed by atoms with Crippen LogP contribution in [0.1, 0.15) is 28.4 Å². The second-order valence-corrected chi connectivity index (χ2v) is 6.00. The molecule has 5 nitrogen and oxygen atoms in total. The Morgan fingerprint density at radius 2 is 1.50 bits per heavy atom. The van der Waals surface area contributed by atoms with E-state index in [0.29, 0.717) is 11.4 Å². The van der Waals surface area contributed by atoms with Gasteiger partial charge < -0.3 is 10.6 Å². The predicted molar refractivity (Wildman–Crippen MR) is 101 cm³/mol. The van der Waals surface area contributed by atoms with Crippen molar-refractivity contribution in [3.05, 3.63) is 77.6 Å². The second kappa shape index (κ2) is 8.08. The van der Waals surface area contributed by atoms with E-state index in [0.717, 1.165) is 18.6 Å². The minimum absolute atomic E-state index is 0.170. The molecule has 28 heavy (non-hydrogen) atoms. The van der Waals surface area contributed by atoms with Crippen molar-refractivity contribution in [3.8, 4) is 0 Å². The lowest BCUT2D eigenvalue weighted by Gasteiger charge is -2.09. The summed E-state index contributed by atoms with van der Waals surface area (Å²) in [6, 6.07) is 12.0. The molecule has 1 heterocycles. The summed E-state index contributed by atoms with van der Waals surface area (Å²) in [7, 11) is 0. The number of benzene rings is 2. The summed E-state index contributed by atoms with van der Waals surface area (Å²) in [5, 5.41) is 5.54. The molecule has 3 aromatic rings. The summed E-state index contributed by atoms with van der Waals surface area (Å²) in [4.78, 5) is 20.3. The Labute approximate surface area is 159 Å². The third-order valence-electron chi connectivity index (χ3n) is 4.00. The van der Waals surface area contributed by atoms with Crippen molar-refractivity contribution < 1.29 is 18.0 Å². The number of amides is 1. The van der Waals surface area contributed by atoms with Crippen LogP contribution in [0.5, 0.6) is 0 Å². The van der Waals surface area contributed by atoms with E-state index in [2.05, 4.69) is 20.6 Å². The zero-order valence-electron chi connectivity index (χ0n) is 14.9. The van der Waals surface area contributed by atoms with Crippen LogP contribution in [0.2, 0.25) is 0 Å². The van der Waals surface area contributed by atoms with Gasteiger partial charge in [-0.1, -0.05) is 19.1 Å². The molecule has 0 saturated carbocycles. The van der Waals surface area contributed by atoms with Gasteiger partial charge in [0.1, 0.15) is 0 Å². The molecular weight excluding hydrogens is 369 g/mol. The fourth-order valence-corrected chi connectivity index (χ4v) is 2.41. The van der Waals surface area contributed by atoms with Gasteiger partial charge in [0.15, 0.2) is 0 Å². The Morgan fingerprint density at radius 1 is 0.929 bits per heavy atom. The van der Waals surface area contributed by atoms with Crippen LogP contribution in [-0.2, 0) is 12.6 Å². The topological polar surface area (TPSA) is 66.9 Å². The molecule has 0 aliphatic heterocycles. The van der Waals surface area contributed by atoms with Crippen molar-refractivity contribution in [2.75, 3.05) is 10.6 Å². The number of anilines is 3. The van der Waals surface area contributed by atoms with Crippen LogP contribution in [0.25, 0.3) is 0 Å². The Hall–Kier alpha value is -3.42. The summed E-state index contributed by atoms with van der Waals surface area (Å²) in [5.74, 6) is -0.186. The quantitative estimate of drug-likeness (QED) is 0.644. The summed E-state index contributed by atoms with van der Waals surface area (Å²) in [6.07, 6.45) is -0.791. The Bertz CT molecular complexity index is 937. The summed E-state index contributed by atoms with van der Waals surface area (Å²) in [6.45, 7) is 2.05. The van der Waals surface area contributed by atoms with E-state index < -0.39 is 11.7 Å². The van der Waals surface area contributed by atoms with E-state index >= 15 is 0 Å². The molecule has 1 aromatic heterocycles. The van der Waals surface area contributed by atoms with Gasteiger partial charge in [-0.2, -0.15) is 13.2 Å². The first kappa shape index (κ1) is 19.3. The lowest BCUT2D eigenvalue weighted by Crippen LogP contribution is -2.13. The van der Waals surface area contributed by atoms with E-state index in [-0.39, 0.29) is 17.4 Å². The van der Waals surface area contributed by atoms with Gasteiger partial charge in [0.2, 0.25) is 5.95 Å². The molecule has 0 radical (unpaired) electrons. The monoisotopic (exact) mass is 386 g/mol. The number of hydrogen-bond acceptors (Lipinski definition) is 4. The Kier molecular flexibility index (Phi) is 5.58. The highest BCUT2D eigenvalue weighted by Gasteiger charge is 2.29. The molecule has 0 aliphatic carbocycles. The van der Waals surface area contributed by atoms with Crippen molar-refractivity contribution >= 4 is 23.2 Å². The maximum absolute atomic E-state index is 12.6. The van der Waals surface area contributed by atoms with Crippen LogP contribution >= 0.6 is 0 Å². The highest BCUT2D eigenvalue weighted by Crippen LogP contribution is 2.30. The van der Waals surface area contributed by atoms with Gasteiger partial charge in [-0.05, 0) is 48.4 Å². The van der Waals surface area contributed by atoms with Crippen LogP contribution < -0.4 is 10.6 Å². The minimum Gasteiger partial charge on any atom is -0.324 e. The van der Waals surface area contributed by atoms with Crippen LogP contribution in [0.15, 0.2) is 60.9 Å². The predicted octanol–water partition coefficient (Wildman–Crippen LogP) is 5.05. The first-order valence-electron chi connectivity index (χ1n) is 8.52. The molecule has 1 amide bonds. The number of carbonyl (C=O) groups is 1. The highest BCUT2D eigenvalue weighted by molar-refractivity contribution is 6.03. The summed E-state index contributed by atoms with van der Waals surface area (Å²) < 4.78 is 37.7. The number of nitrogens with zero attached hydrogens (tertiary/aromatic N) is 2. The molecular formula is C20H17F3N4O. The van der Waals surface area contributed by atoms with Gasteiger partial charge in [0, 0.05) is 23.8 Å². The largest absolute Gasteiger partial charge is 0.416 e. The van der Waals surface area contributed by atoms with Gasteiger partial charge >= 0.3 is 6.18 Å². The summed E-state index contributed by atoms with van der Waals surface area (Å²) >= 11 is 0. The van der Waals surface area contributed by atoms with E-state index in [4.69, 9.17) is 0 Å². The maximum atomic E-state index is 12.6. The van der Waals surface area contributed by atoms with Crippen LogP contribution in [0.3, 0.4) is 0 Å². The molecule has 0 atom stereocenters.